The Morgan fingerprint density at radius 3 is 1.04 bits per heavy atom. The van der Waals surface area contributed by atoms with E-state index < -0.39 is 124 Å². The molecule has 0 radical (unpaired) electrons. The first kappa shape index (κ1) is 95.2. The molecule has 3 fully saturated rings. The molecule has 0 bridgehead atoms. The van der Waals surface area contributed by atoms with E-state index in [1.807, 2.05) is 0 Å². The summed E-state index contributed by atoms with van der Waals surface area (Å²) >= 11 is 0. The number of carbonyl (C=O) groups excluding carboxylic acids is 1. The van der Waals surface area contributed by atoms with E-state index in [1.54, 1.807) is 0 Å². The molecule has 1 amide bonds. The maximum atomic E-state index is 13.5. The molecule has 3 saturated heterocycles. The van der Waals surface area contributed by atoms with Crippen LogP contribution in [0.1, 0.15) is 316 Å². The van der Waals surface area contributed by atoms with Gasteiger partial charge in [0.15, 0.2) is 18.9 Å². The monoisotopic (exact) mass is 1470 g/mol. The Labute approximate surface area is 629 Å². The van der Waals surface area contributed by atoms with E-state index in [0.717, 1.165) is 103 Å². The Bertz CT molecular complexity index is 2210. The van der Waals surface area contributed by atoms with Crippen molar-refractivity contribution in [3.05, 3.63) is 85.1 Å². The number of carbonyl (C=O) groups is 1. The molecule has 0 saturated carbocycles. The van der Waals surface area contributed by atoms with Gasteiger partial charge in [-0.05, 0) is 70.6 Å². The van der Waals surface area contributed by atoms with Crippen LogP contribution >= 0.6 is 0 Å². The number of aliphatic hydroxyl groups is 11. The summed E-state index contributed by atoms with van der Waals surface area (Å²) in [7, 11) is 0. The van der Waals surface area contributed by atoms with Gasteiger partial charge < -0.3 is 89.9 Å². The Kier molecular flexibility index (Phi) is 59.3. The van der Waals surface area contributed by atoms with E-state index in [2.05, 4.69) is 104 Å². The van der Waals surface area contributed by atoms with Crippen molar-refractivity contribution in [2.75, 3.05) is 26.4 Å². The molecule has 17 atom stereocenters. The van der Waals surface area contributed by atoms with Gasteiger partial charge in [-0.3, -0.25) is 4.79 Å². The maximum absolute atomic E-state index is 13.5. The van der Waals surface area contributed by atoms with Crippen molar-refractivity contribution in [2.24, 2.45) is 0 Å². The normalized spacial score (nSPS) is 26.3. The van der Waals surface area contributed by atoms with Gasteiger partial charge in [0.05, 0.1) is 38.6 Å². The van der Waals surface area contributed by atoms with Crippen molar-refractivity contribution in [3.63, 3.8) is 0 Å². The number of aliphatic hydroxyl groups excluding tert-OH is 11. The van der Waals surface area contributed by atoms with Gasteiger partial charge in [-0.15, -0.1) is 0 Å². The van der Waals surface area contributed by atoms with Crippen LogP contribution in [0, 0.1) is 0 Å². The quantitative estimate of drug-likeness (QED) is 0.0199. The fourth-order valence-corrected chi connectivity index (χ4v) is 13.8. The first-order valence-corrected chi connectivity index (χ1v) is 41.8. The van der Waals surface area contributed by atoms with Gasteiger partial charge in [0, 0.05) is 6.42 Å². The maximum Gasteiger partial charge on any atom is 0.220 e. The lowest BCUT2D eigenvalue weighted by Gasteiger charge is -2.48. The zero-order valence-electron chi connectivity index (χ0n) is 64.7. The average Bonchev–Trinajstić information content (AvgIpc) is 0.783. The summed E-state index contributed by atoms with van der Waals surface area (Å²) in [6, 6.07) is -0.898. The number of allylic oxidation sites excluding steroid dienone is 14. The molecule has 19 nitrogen and oxygen atoms in total. The molecular formula is C85H151NO18. The van der Waals surface area contributed by atoms with Gasteiger partial charge in [-0.25, -0.2) is 0 Å². The fourth-order valence-electron chi connectivity index (χ4n) is 13.8. The molecule has 0 aliphatic carbocycles. The van der Waals surface area contributed by atoms with Crippen LogP contribution in [-0.4, -0.2) is 193 Å². The Morgan fingerprint density at radius 1 is 0.356 bits per heavy atom. The summed E-state index contributed by atoms with van der Waals surface area (Å²) in [4.78, 5) is 13.5. The van der Waals surface area contributed by atoms with Crippen LogP contribution in [0.25, 0.3) is 0 Å². The number of rotatable bonds is 66. The molecule has 604 valence electrons. The molecule has 0 aromatic rings. The van der Waals surface area contributed by atoms with Crippen LogP contribution in [0.4, 0.5) is 0 Å². The summed E-state index contributed by atoms with van der Waals surface area (Å²) in [5, 5.41) is 121. The smallest absolute Gasteiger partial charge is 0.220 e. The first-order chi connectivity index (χ1) is 50.8. The molecule has 0 aromatic heterocycles. The fraction of sp³-hybridized carbons (Fsp3) is 0.824. The summed E-state index contributed by atoms with van der Waals surface area (Å²) in [5.41, 5.74) is 0. The second-order valence-corrected chi connectivity index (χ2v) is 29.6. The third-order valence-electron chi connectivity index (χ3n) is 20.5. The zero-order chi connectivity index (χ0) is 75.3. The molecule has 12 N–H and O–H groups in total. The molecule has 3 aliphatic heterocycles. The van der Waals surface area contributed by atoms with Gasteiger partial charge in [0.2, 0.25) is 5.91 Å². The van der Waals surface area contributed by atoms with Gasteiger partial charge in [0.1, 0.15) is 73.2 Å². The van der Waals surface area contributed by atoms with Crippen molar-refractivity contribution >= 4 is 5.91 Å². The predicted octanol–water partition coefficient (Wildman–Crippen LogP) is 14.6. The third kappa shape index (κ3) is 44.0. The van der Waals surface area contributed by atoms with Crippen LogP contribution < -0.4 is 5.32 Å². The first-order valence-electron chi connectivity index (χ1n) is 41.8. The van der Waals surface area contributed by atoms with Gasteiger partial charge in [-0.1, -0.05) is 324 Å². The van der Waals surface area contributed by atoms with Gasteiger partial charge >= 0.3 is 0 Å². The molecule has 0 aromatic carbocycles. The minimum Gasteiger partial charge on any atom is -0.394 e. The summed E-state index contributed by atoms with van der Waals surface area (Å²) in [6.45, 7) is 1.72. The minimum atomic E-state index is -1.98. The highest BCUT2D eigenvalue weighted by molar-refractivity contribution is 5.76. The number of nitrogens with one attached hydrogen (secondary N) is 1. The van der Waals surface area contributed by atoms with Crippen LogP contribution in [0.5, 0.6) is 0 Å². The highest BCUT2D eigenvalue weighted by atomic mass is 16.8. The standard InChI is InChI=1S/C85H151NO18/c1-3-5-7-9-11-13-15-17-19-21-23-25-27-29-31-33-34-35-37-39-41-43-45-47-49-51-53-55-57-59-61-63-73(91)86-68(69(90)62-60-58-56-54-52-50-48-46-44-42-40-38-36-32-30-28-26-24-22-20-18-16-14-12-10-8-6-4-2)67-99-83-79(97)76(94)81(71(65-88)101-83)104-85-80(98)77(95)82(72(66-89)102-85)103-84-78(96)75(93)74(92)70(64-87)100-84/h5,7,11,13,17,19,23,25,29,31,34-35,39,41,68-72,74-85,87-90,92-98H,3-4,6,8-10,12,14-16,18,20-22,24,26-28,30,32-33,36-38,40,42-67H2,1-2H3,(H,86,91)/b7-5-,13-11-,19-17-,25-23-,31-29-,35-34-,41-39-. The van der Waals surface area contributed by atoms with E-state index in [1.165, 1.54) is 180 Å². The van der Waals surface area contributed by atoms with Crippen LogP contribution in [-0.2, 0) is 33.2 Å². The molecule has 3 heterocycles. The molecule has 104 heavy (non-hydrogen) atoms. The average molecular weight is 1480 g/mol. The number of ether oxygens (including phenoxy) is 6. The summed E-state index contributed by atoms with van der Waals surface area (Å²) < 4.78 is 34.5. The summed E-state index contributed by atoms with van der Waals surface area (Å²) in [5.74, 6) is -0.249. The third-order valence-corrected chi connectivity index (χ3v) is 20.5. The Hall–Kier alpha value is -3.03. The Balaban J connectivity index is 1.36. The van der Waals surface area contributed by atoms with E-state index >= 15 is 0 Å². The molecule has 17 unspecified atom stereocenters. The number of hydrogen-bond donors (Lipinski definition) is 12. The van der Waals surface area contributed by atoms with E-state index in [4.69, 9.17) is 28.4 Å². The lowest BCUT2D eigenvalue weighted by atomic mass is 9.96. The second-order valence-electron chi connectivity index (χ2n) is 29.6. The molecule has 19 heteroatoms. The predicted molar refractivity (Wildman–Crippen MR) is 415 cm³/mol. The summed E-state index contributed by atoms with van der Waals surface area (Å²) in [6.07, 6.45) is 59.5. The van der Waals surface area contributed by atoms with Crippen molar-refractivity contribution in [1.29, 1.82) is 0 Å². The SMILES string of the molecule is CC/C=C\C/C=C\C/C=C\C/C=C\C/C=C\C/C=C\C/C=C\CCCCCCCCCCCC(=O)NC(COC1OC(CO)C(OC2OC(CO)C(OC3OC(CO)C(O)C(O)C3O)C(O)C2O)C(O)C1O)C(O)CCCCCCCCCCCCCCCCCCCCCCCCCCCCCC. The lowest BCUT2D eigenvalue weighted by Crippen LogP contribution is -2.66. The number of hydrogen-bond acceptors (Lipinski definition) is 18. The van der Waals surface area contributed by atoms with E-state index in [-0.39, 0.29) is 18.9 Å². The van der Waals surface area contributed by atoms with Crippen molar-refractivity contribution in [3.8, 4) is 0 Å². The highest BCUT2D eigenvalue weighted by Gasteiger charge is 2.54. The van der Waals surface area contributed by atoms with Crippen molar-refractivity contribution < 1.29 is 89.4 Å². The molecule has 3 aliphatic rings. The van der Waals surface area contributed by atoms with E-state index in [9.17, 15) is 61.0 Å². The van der Waals surface area contributed by atoms with Gasteiger partial charge in [-0.2, -0.15) is 0 Å². The molecule has 0 spiro atoms. The Morgan fingerprint density at radius 2 is 0.663 bits per heavy atom. The topological polar surface area (TPSA) is 307 Å². The largest absolute Gasteiger partial charge is 0.394 e. The minimum absolute atomic E-state index is 0.249. The highest BCUT2D eigenvalue weighted by Crippen LogP contribution is 2.33. The second kappa shape index (κ2) is 64.8. The van der Waals surface area contributed by atoms with Crippen LogP contribution in [0.3, 0.4) is 0 Å². The van der Waals surface area contributed by atoms with E-state index in [0.29, 0.717) is 12.8 Å². The number of amides is 1. The van der Waals surface area contributed by atoms with Crippen molar-refractivity contribution in [1.82, 2.24) is 5.32 Å². The molecule has 3 rings (SSSR count). The van der Waals surface area contributed by atoms with Gasteiger partial charge in [0.25, 0.3) is 0 Å². The van der Waals surface area contributed by atoms with Crippen LogP contribution in [0.2, 0.25) is 0 Å². The number of unbranched alkanes of at least 4 members (excludes halogenated alkanes) is 36. The lowest BCUT2D eigenvalue weighted by molar-refractivity contribution is -0.379. The van der Waals surface area contributed by atoms with Crippen molar-refractivity contribution in [2.45, 2.75) is 420 Å². The molecular weight excluding hydrogens is 1320 g/mol. The van der Waals surface area contributed by atoms with Crippen LogP contribution in [0.15, 0.2) is 85.1 Å². The zero-order valence-corrected chi connectivity index (χ0v) is 64.7.